The highest BCUT2D eigenvalue weighted by Gasteiger charge is 2.37. The summed E-state index contributed by atoms with van der Waals surface area (Å²) in [4.78, 5) is 15.6. The van der Waals surface area contributed by atoms with Gasteiger partial charge in [0.15, 0.2) is 0 Å². The van der Waals surface area contributed by atoms with E-state index in [-0.39, 0.29) is 30.9 Å². The van der Waals surface area contributed by atoms with Gasteiger partial charge in [-0.3, -0.25) is 4.90 Å². The molecule has 1 aliphatic rings. The van der Waals surface area contributed by atoms with Gasteiger partial charge in [0.2, 0.25) is 0 Å². The molecular formula is C24H26F6N2O3. The first-order valence-electron chi connectivity index (χ1n) is 11.1. The van der Waals surface area contributed by atoms with Crippen LogP contribution in [-0.4, -0.2) is 55.3 Å². The summed E-state index contributed by atoms with van der Waals surface area (Å²) < 4.78 is 89.5. The molecule has 11 heteroatoms. The number of carbonyl (C=O) groups excluding carboxylic acids is 1. The second-order valence-electron chi connectivity index (χ2n) is 8.08. The highest BCUT2D eigenvalue weighted by Crippen LogP contribution is 2.36. The molecule has 1 atom stereocenters. The SMILES string of the molecule is CCOC(=O)N1CCN([C@H](COCc2cc(C(F)(F)F)cc(C(F)(F)F)c2)c2ccccc2)CC1. The summed E-state index contributed by atoms with van der Waals surface area (Å²) in [6.45, 7) is 3.47. The Morgan fingerprint density at radius 1 is 0.914 bits per heavy atom. The number of ether oxygens (including phenoxy) is 2. The van der Waals surface area contributed by atoms with Crippen LogP contribution < -0.4 is 0 Å². The fourth-order valence-corrected chi connectivity index (χ4v) is 3.91. The van der Waals surface area contributed by atoms with E-state index in [9.17, 15) is 31.1 Å². The number of nitrogens with zero attached hydrogens (tertiary/aromatic N) is 2. The quantitative estimate of drug-likeness (QED) is 0.450. The molecule has 5 nitrogen and oxygen atoms in total. The lowest BCUT2D eigenvalue weighted by Crippen LogP contribution is -2.50. The number of carbonyl (C=O) groups is 1. The predicted octanol–water partition coefficient (Wildman–Crippen LogP) is 5.76. The minimum absolute atomic E-state index is 0.0427. The molecule has 1 amide bonds. The minimum Gasteiger partial charge on any atom is -0.450 e. The first-order chi connectivity index (χ1) is 16.5. The lowest BCUT2D eigenvalue weighted by atomic mass is 10.0. The van der Waals surface area contributed by atoms with E-state index in [0.717, 1.165) is 5.56 Å². The molecule has 1 fully saturated rings. The van der Waals surface area contributed by atoms with Crippen molar-refractivity contribution in [3.8, 4) is 0 Å². The van der Waals surface area contributed by atoms with Crippen LogP contribution in [0.3, 0.4) is 0 Å². The molecule has 0 radical (unpaired) electrons. The number of piperazine rings is 1. The molecule has 35 heavy (non-hydrogen) atoms. The van der Waals surface area contributed by atoms with Crippen molar-refractivity contribution in [1.82, 2.24) is 9.80 Å². The van der Waals surface area contributed by atoms with E-state index in [2.05, 4.69) is 4.90 Å². The number of halogens is 6. The molecule has 0 unspecified atom stereocenters. The van der Waals surface area contributed by atoms with Gasteiger partial charge in [-0.05, 0) is 36.2 Å². The van der Waals surface area contributed by atoms with Gasteiger partial charge in [0.05, 0.1) is 37.0 Å². The lowest BCUT2D eigenvalue weighted by molar-refractivity contribution is -0.143. The van der Waals surface area contributed by atoms with Crippen molar-refractivity contribution in [2.75, 3.05) is 39.4 Å². The van der Waals surface area contributed by atoms with Crippen molar-refractivity contribution >= 4 is 6.09 Å². The third-order valence-electron chi connectivity index (χ3n) is 5.66. The molecule has 2 aromatic carbocycles. The third kappa shape index (κ3) is 7.35. The molecule has 0 saturated carbocycles. The number of benzene rings is 2. The first kappa shape index (κ1) is 26.8. The fraction of sp³-hybridized carbons (Fsp3) is 0.458. The van der Waals surface area contributed by atoms with Gasteiger partial charge in [0, 0.05) is 26.2 Å². The molecule has 3 rings (SSSR count). The second kappa shape index (κ2) is 11.3. The first-order valence-corrected chi connectivity index (χ1v) is 11.1. The van der Waals surface area contributed by atoms with Gasteiger partial charge < -0.3 is 14.4 Å². The second-order valence-corrected chi connectivity index (χ2v) is 8.08. The third-order valence-corrected chi connectivity index (χ3v) is 5.66. The predicted molar refractivity (Wildman–Crippen MR) is 115 cm³/mol. The summed E-state index contributed by atoms with van der Waals surface area (Å²) >= 11 is 0. The number of rotatable bonds is 7. The van der Waals surface area contributed by atoms with Crippen LogP contribution in [0.5, 0.6) is 0 Å². The molecule has 1 saturated heterocycles. The summed E-state index contributed by atoms with van der Waals surface area (Å²) in [6.07, 6.45) is -10.2. The molecule has 192 valence electrons. The van der Waals surface area contributed by atoms with Crippen molar-refractivity contribution in [3.63, 3.8) is 0 Å². The van der Waals surface area contributed by atoms with Crippen molar-refractivity contribution < 1.29 is 40.6 Å². The maximum absolute atomic E-state index is 13.1. The van der Waals surface area contributed by atoms with Crippen molar-refractivity contribution in [2.24, 2.45) is 0 Å². The van der Waals surface area contributed by atoms with E-state index in [4.69, 9.17) is 9.47 Å². The van der Waals surface area contributed by atoms with Crippen molar-refractivity contribution in [3.05, 3.63) is 70.8 Å². The molecule has 0 spiro atoms. The Kier molecular flexibility index (Phi) is 8.65. The van der Waals surface area contributed by atoms with E-state index in [1.165, 1.54) is 0 Å². The van der Waals surface area contributed by atoms with Crippen molar-refractivity contribution in [2.45, 2.75) is 31.9 Å². The van der Waals surface area contributed by atoms with Gasteiger partial charge in [0.1, 0.15) is 0 Å². The van der Waals surface area contributed by atoms with Gasteiger partial charge in [-0.1, -0.05) is 30.3 Å². The molecule has 0 N–H and O–H groups in total. The van der Waals surface area contributed by atoms with E-state index in [0.29, 0.717) is 38.3 Å². The van der Waals surface area contributed by atoms with Crippen LogP contribution in [0.4, 0.5) is 31.1 Å². The lowest BCUT2D eigenvalue weighted by Gasteiger charge is -2.39. The van der Waals surface area contributed by atoms with E-state index >= 15 is 0 Å². The van der Waals surface area contributed by atoms with Crippen LogP contribution in [-0.2, 0) is 28.4 Å². The smallest absolute Gasteiger partial charge is 0.416 e. The van der Waals surface area contributed by atoms with E-state index in [1.807, 2.05) is 30.3 Å². The zero-order chi connectivity index (χ0) is 25.6. The molecule has 2 aromatic rings. The number of hydrogen-bond acceptors (Lipinski definition) is 4. The molecule has 0 bridgehead atoms. The molecule has 0 aliphatic carbocycles. The monoisotopic (exact) mass is 504 g/mol. The molecule has 1 heterocycles. The fourth-order valence-electron chi connectivity index (χ4n) is 3.91. The maximum atomic E-state index is 13.1. The Bertz CT molecular complexity index is 941. The average molecular weight is 504 g/mol. The zero-order valence-corrected chi connectivity index (χ0v) is 19.0. The summed E-state index contributed by atoms with van der Waals surface area (Å²) in [5.74, 6) is 0. The number of hydrogen-bond donors (Lipinski definition) is 0. The summed E-state index contributed by atoms with van der Waals surface area (Å²) in [5.41, 5.74) is -2.08. The van der Waals surface area contributed by atoms with Crippen LogP contribution in [0, 0.1) is 0 Å². The van der Waals surface area contributed by atoms with E-state index in [1.54, 1.807) is 11.8 Å². The Morgan fingerprint density at radius 3 is 2.00 bits per heavy atom. The summed E-state index contributed by atoms with van der Waals surface area (Å²) in [6, 6.07) is 10.4. The highest BCUT2D eigenvalue weighted by atomic mass is 19.4. The van der Waals surface area contributed by atoms with Crippen molar-refractivity contribution in [1.29, 1.82) is 0 Å². The Labute approximate surface area is 199 Å². The van der Waals surface area contributed by atoms with Gasteiger partial charge >= 0.3 is 18.4 Å². The van der Waals surface area contributed by atoms with E-state index < -0.39 is 36.2 Å². The molecule has 0 aromatic heterocycles. The highest BCUT2D eigenvalue weighted by molar-refractivity contribution is 5.67. The normalized spacial score (nSPS) is 16.3. The van der Waals surface area contributed by atoms with Gasteiger partial charge in [-0.2, -0.15) is 26.3 Å². The van der Waals surface area contributed by atoms with Crippen LogP contribution in [0.1, 0.15) is 35.2 Å². The standard InChI is InChI=1S/C24H26F6N2O3/c1-2-35-22(33)32-10-8-31(9-11-32)21(18-6-4-3-5-7-18)16-34-15-17-12-19(23(25,26)27)14-20(13-17)24(28,29)30/h3-7,12-14,21H,2,8-11,15-16H2,1H3/t21-/m1/s1. The Hall–Kier alpha value is -2.79. The Balaban J connectivity index is 1.72. The van der Waals surface area contributed by atoms with Gasteiger partial charge in [-0.15, -0.1) is 0 Å². The summed E-state index contributed by atoms with van der Waals surface area (Å²) in [7, 11) is 0. The average Bonchev–Trinajstić information content (AvgIpc) is 2.81. The number of alkyl halides is 6. The van der Waals surface area contributed by atoms with Crippen LogP contribution in [0.25, 0.3) is 0 Å². The zero-order valence-electron chi connectivity index (χ0n) is 19.0. The topological polar surface area (TPSA) is 42.0 Å². The molecule has 1 aliphatic heterocycles. The van der Waals surface area contributed by atoms with Crippen LogP contribution in [0.15, 0.2) is 48.5 Å². The van der Waals surface area contributed by atoms with Crippen LogP contribution >= 0.6 is 0 Å². The van der Waals surface area contributed by atoms with Gasteiger partial charge in [0.25, 0.3) is 0 Å². The summed E-state index contributed by atoms with van der Waals surface area (Å²) in [5, 5.41) is 0. The maximum Gasteiger partial charge on any atom is 0.416 e. The number of amides is 1. The largest absolute Gasteiger partial charge is 0.450 e. The van der Waals surface area contributed by atoms with Crippen LogP contribution in [0.2, 0.25) is 0 Å². The van der Waals surface area contributed by atoms with Gasteiger partial charge in [-0.25, -0.2) is 4.79 Å². The Morgan fingerprint density at radius 2 is 1.49 bits per heavy atom. The molecular weight excluding hydrogens is 478 g/mol. The minimum atomic E-state index is -4.92.